The summed E-state index contributed by atoms with van der Waals surface area (Å²) >= 11 is 0. The summed E-state index contributed by atoms with van der Waals surface area (Å²) < 4.78 is 5.54. The van der Waals surface area contributed by atoms with Gasteiger partial charge in [-0.1, -0.05) is 12.8 Å². The Bertz CT molecular complexity index is 524. The number of carboxylic acids is 1. The second kappa shape index (κ2) is 7.29. The molecule has 0 aliphatic heterocycles. The van der Waals surface area contributed by atoms with Crippen LogP contribution in [0.25, 0.3) is 0 Å². The summed E-state index contributed by atoms with van der Waals surface area (Å²) in [6.45, 7) is 3.89. The van der Waals surface area contributed by atoms with Gasteiger partial charge in [0, 0.05) is 23.5 Å². The van der Waals surface area contributed by atoms with E-state index in [0.29, 0.717) is 18.5 Å². The maximum atomic E-state index is 12.3. The minimum absolute atomic E-state index is 0.0894. The van der Waals surface area contributed by atoms with Crippen LogP contribution in [0.2, 0.25) is 0 Å². The molecule has 2 atom stereocenters. The molecule has 1 aromatic rings. The zero-order chi connectivity index (χ0) is 16.1. The molecule has 5 nitrogen and oxygen atoms in total. The maximum Gasteiger partial charge on any atom is 0.228 e. The first-order chi connectivity index (χ1) is 10.5. The van der Waals surface area contributed by atoms with Gasteiger partial charge in [0.1, 0.15) is 5.75 Å². The largest absolute Gasteiger partial charge is 0.550 e. The van der Waals surface area contributed by atoms with Gasteiger partial charge in [0.2, 0.25) is 5.91 Å². The molecule has 1 aliphatic carbocycles. The van der Waals surface area contributed by atoms with Crippen LogP contribution >= 0.6 is 0 Å². The van der Waals surface area contributed by atoms with E-state index in [4.69, 9.17) is 4.74 Å². The van der Waals surface area contributed by atoms with Gasteiger partial charge in [0.05, 0.1) is 6.10 Å². The Hall–Kier alpha value is -2.04. The number of aliphatic carboxylic acids is 1. The average molecular weight is 304 g/mol. The van der Waals surface area contributed by atoms with E-state index >= 15 is 0 Å². The third-order valence-corrected chi connectivity index (χ3v) is 3.90. The van der Waals surface area contributed by atoms with Gasteiger partial charge in [-0.3, -0.25) is 4.79 Å². The number of rotatable bonds is 5. The molecule has 1 N–H and O–H groups in total. The molecule has 0 radical (unpaired) electrons. The highest BCUT2D eigenvalue weighted by molar-refractivity contribution is 5.95. The smallest absolute Gasteiger partial charge is 0.228 e. The highest BCUT2D eigenvalue weighted by Gasteiger charge is 2.31. The second-order valence-electron chi connectivity index (χ2n) is 6.00. The Labute approximate surface area is 130 Å². The van der Waals surface area contributed by atoms with Crippen LogP contribution in [0.4, 0.5) is 5.69 Å². The van der Waals surface area contributed by atoms with Crippen molar-refractivity contribution in [3.8, 4) is 5.75 Å². The number of hydrogen-bond acceptors (Lipinski definition) is 4. The van der Waals surface area contributed by atoms with Gasteiger partial charge in [-0.15, -0.1) is 0 Å². The van der Waals surface area contributed by atoms with Crippen LogP contribution in [0.3, 0.4) is 0 Å². The normalized spacial score (nSPS) is 21.4. The van der Waals surface area contributed by atoms with Gasteiger partial charge in [-0.2, -0.15) is 0 Å². The minimum atomic E-state index is -1.12. The van der Waals surface area contributed by atoms with Crippen molar-refractivity contribution in [2.24, 2.45) is 11.8 Å². The lowest BCUT2D eigenvalue weighted by atomic mass is 9.78. The molecule has 1 amide bonds. The summed E-state index contributed by atoms with van der Waals surface area (Å²) in [6.07, 6.45) is 2.92. The summed E-state index contributed by atoms with van der Waals surface area (Å²) in [5.74, 6) is -1.83. The third kappa shape index (κ3) is 4.23. The van der Waals surface area contributed by atoms with Crippen LogP contribution in [0.5, 0.6) is 5.75 Å². The van der Waals surface area contributed by atoms with E-state index < -0.39 is 17.8 Å². The molecule has 2 unspecified atom stereocenters. The molecule has 1 saturated carbocycles. The monoisotopic (exact) mass is 304 g/mol. The van der Waals surface area contributed by atoms with Gasteiger partial charge in [0.25, 0.3) is 0 Å². The van der Waals surface area contributed by atoms with E-state index in [-0.39, 0.29) is 12.0 Å². The van der Waals surface area contributed by atoms with E-state index in [9.17, 15) is 14.7 Å². The van der Waals surface area contributed by atoms with Gasteiger partial charge in [-0.05, 0) is 51.0 Å². The van der Waals surface area contributed by atoms with Crippen molar-refractivity contribution in [1.29, 1.82) is 0 Å². The van der Waals surface area contributed by atoms with Crippen molar-refractivity contribution in [3.63, 3.8) is 0 Å². The Kier molecular flexibility index (Phi) is 5.41. The molecular weight excluding hydrogens is 282 g/mol. The molecule has 0 saturated heterocycles. The number of carbonyl (C=O) groups is 2. The summed E-state index contributed by atoms with van der Waals surface area (Å²) in [4.78, 5) is 23.5. The van der Waals surface area contributed by atoms with Gasteiger partial charge in [-0.25, -0.2) is 0 Å². The summed E-state index contributed by atoms with van der Waals surface area (Å²) in [5.41, 5.74) is 0.642. The predicted molar refractivity (Wildman–Crippen MR) is 81.3 cm³/mol. The second-order valence-corrected chi connectivity index (χ2v) is 6.00. The Balaban J connectivity index is 1.99. The topological polar surface area (TPSA) is 78.5 Å². The Morgan fingerprint density at radius 2 is 1.73 bits per heavy atom. The highest BCUT2D eigenvalue weighted by atomic mass is 16.5. The molecule has 22 heavy (non-hydrogen) atoms. The number of benzene rings is 1. The molecule has 2 rings (SSSR count). The van der Waals surface area contributed by atoms with E-state index in [1.165, 1.54) is 0 Å². The first kappa shape index (κ1) is 16.3. The molecule has 5 heteroatoms. The number of carboxylic acid groups (broad SMARTS) is 1. The van der Waals surface area contributed by atoms with Crippen LogP contribution in [0.15, 0.2) is 24.3 Å². The first-order valence-corrected chi connectivity index (χ1v) is 7.76. The van der Waals surface area contributed by atoms with Crippen molar-refractivity contribution in [3.05, 3.63) is 24.3 Å². The van der Waals surface area contributed by atoms with Crippen molar-refractivity contribution < 1.29 is 19.4 Å². The van der Waals surface area contributed by atoms with E-state index in [1.54, 1.807) is 24.3 Å². The van der Waals surface area contributed by atoms with Gasteiger partial charge in [0.15, 0.2) is 0 Å². The van der Waals surface area contributed by atoms with E-state index in [1.807, 2.05) is 13.8 Å². The number of ether oxygens (including phenoxy) is 1. The third-order valence-electron chi connectivity index (χ3n) is 3.90. The van der Waals surface area contributed by atoms with Crippen molar-refractivity contribution in [2.45, 2.75) is 45.6 Å². The number of hydrogen-bond donors (Lipinski definition) is 1. The lowest BCUT2D eigenvalue weighted by Crippen LogP contribution is -2.42. The molecular formula is C17H22NO4-. The molecule has 1 aliphatic rings. The van der Waals surface area contributed by atoms with E-state index in [0.717, 1.165) is 18.6 Å². The zero-order valence-electron chi connectivity index (χ0n) is 13.0. The summed E-state index contributed by atoms with van der Waals surface area (Å²) in [7, 11) is 0. The summed E-state index contributed by atoms with van der Waals surface area (Å²) in [5, 5.41) is 14.0. The quantitative estimate of drug-likeness (QED) is 0.902. The SMILES string of the molecule is CC(C)Oc1ccc(NC(=O)C2CCCCC2C(=O)[O-])cc1. The van der Waals surface area contributed by atoms with Crippen molar-refractivity contribution in [2.75, 3.05) is 5.32 Å². The number of carbonyl (C=O) groups excluding carboxylic acids is 2. The van der Waals surface area contributed by atoms with Crippen LogP contribution in [0.1, 0.15) is 39.5 Å². The molecule has 1 fully saturated rings. The van der Waals surface area contributed by atoms with Gasteiger partial charge >= 0.3 is 0 Å². The minimum Gasteiger partial charge on any atom is -0.550 e. The fourth-order valence-electron chi connectivity index (χ4n) is 2.85. The Morgan fingerprint density at radius 3 is 2.27 bits per heavy atom. The van der Waals surface area contributed by atoms with Crippen LogP contribution in [0, 0.1) is 11.8 Å². The van der Waals surface area contributed by atoms with Crippen molar-refractivity contribution in [1.82, 2.24) is 0 Å². The van der Waals surface area contributed by atoms with E-state index in [2.05, 4.69) is 5.32 Å². The molecule has 0 heterocycles. The number of anilines is 1. The average Bonchev–Trinajstić information content (AvgIpc) is 2.48. The van der Waals surface area contributed by atoms with Crippen molar-refractivity contribution >= 4 is 17.6 Å². The van der Waals surface area contributed by atoms with Crippen LogP contribution in [-0.4, -0.2) is 18.0 Å². The molecule has 0 bridgehead atoms. The maximum absolute atomic E-state index is 12.3. The van der Waals surface area contributed by atoms with Crippen LogP contribution < -0.4 is 15.2 Å². The lowest BCUT2D eigenvalue weighted by Gasteiger charge is -2.31. The van der Waals surface area contributed by atoms with Crippen LogP contribution in [-0.2, 0) is 9.59 Å². The Morgan fingerprint density at radius 1 is 1.14 bits per heavy atom. The summed E-state index contributed by atoms with van der Waals surface area (Å²) in [6, 6.07) is 7.08. The molecule has 0 aromatic heterocycles. The zero-order valence-corrected chi connectivity index (χ0v) is 13.0. The first-order valence-electron chi connectivity index (χ1n) is 7.76. The lowest BCUT2D eigenvalue weighted by molar-refractivity contribution is -0.313. The van der Waals surface area contributed by atoms with Gasteiger partial charge < -0.3 is 20.0 Å². The standard InChI is InChI=1S/C17H23NO4/c1-11(2)22-13-9-7-12(8-10-13)18-16(19)14-5-3-4-6-15(14)17(20)21/h7-11,14-15H,3-6H2,1-2H3,(H,18,19)(H,20,21)/p-1. The fourth-order valence-corrected chi connectivity index (χ4v) is 2.85. The molecule has 1 aromatic carbocycles. The predicted octanol–water partition coefficient (Wildman–Crippen LogP) is 1.97. The molecule has 120 valence electrons. The number of nitrogens with one attached hydrogen (secondary N) is 1. The fraction of sp³-hybridized carbons (Fsp3) is 0.529. The highest BCUT2D eigenvalue weighted by Crippen LogP contribution is 2.31. The molecule has 0 spiro atoms. The number of amides is 1.